The van der Waals surface area contributed by atoms with Gasteiger partial charge in [-0.1, -0.05) is 6.92 Å². The maximum absolute atomic E-state index is 4.23. The molecule has 14 heavy (non-hydrogen) atoms. The average Bonchev–Trinajstić information content (AvgIpc) is 2.62. The SMILES string of the molecule is CCC(C)NCc1ncnn1C(C)C. The van der Waals surface area contributed by atoms with Gasteiger partial charge < -0.3 is 5.32 Å². The molecule has 0 bridgehead atoms. The molecule has 0 amide bonds. The zero-order valence-corrected chi connectivity index (χ0v) is 9.49. The third-order valence-corrected chi connectivity index (χ3v) is 2.36. The van der Waals surface area contributed by atoms with E-state index in [9.17, 15) is 0 Å². The average molecular weight is 196 g/mol. The Hall–Kier alpha value is -0.900. The lowest BCUT2D eigenvalue weighted by atomic mass is 10.2. The first-order valence-corrected chi connectivity index (χ1v) is 5.26. The van der Waals surface area contributed by atoms with Crippen LogP contribution in [0.3, 0.4) is 0 Å². The highest BCUT2D eigenvalue weighted by atomic mass is 15.4. The van der Waals surface area contributed by atoms with Gasteiger partial charge in [0.1, 0.15) is 12.2 Å². The number of aromatic nitrogens is 3. The molecule has 1 atom stereocenters. The van der Waals surface area contributed by atoms with Gasteiger partial charge in [0.2, 0.25) is 0 Å². The predicted molar refractivity (Wildman–Crippen MR) is 57.0 cm³/mol. The molecule has 1 unspecified atom stereocenters. The summed E-state index contributed by atoms with van der Waals surface area (Å²) in [6, 6.07) is 0.915. The monoisotopic (exact) mass is 196 g/mol. The van der Waals surface area contributed by atoms with Gasteiger partial charge in [0.15, 0.2) is 0 Å². The van der Waals surface area contributed by atoms with E-state index in [1.54, 1.807) is 6.33 Å². The number of hydrogen-bond donors (Lipinski definition) is 1. The third-order valence-electron chi connectivity index (χ3n) is 2.36. The molecule has 1 heterocycles. The molecule has 4 heteroatoms. The zero-order chi connectivity index (χ0) is 10.6. The number of hydrogen-bond acceptors (Lipinski definition) is 3. The Labute approximate surface area is 85.7 Å². The van der Waals surface area contributed by atoms with Crippen LogP contribution in [0.25, 0.3) is 0 Å². The summed E-state index contributed by atoms with van der Waals surface area (Å²) in [5.41, 5.74) is 0. The van der Waals surface area contributed by atoms with Crippen LogP contribution in [0, 0.1) is 0 Å². The van der Waals surface area contributed by atoms with Gasteiger partial charge in [-0.15, -0.1) is 0 Å². The summed E-state index contributed by atoms with van der Waals surface area (Å²) in [5, 5.41) is 7.59. The summed E-state index contributed by atoms with van der Waals surface area (Å²) < 4.78 is 1.95. The molecule has 0 aliphatic carbocycles. The summed E-state index contributed by atoms with van der Waals surface area (Å²) >= 11 is 0. The molecule has 1 N–H and O–H groups in total. The molecule has 80 valence electrons. The van der Waals surface area contributed by atoms with E-state index in [1.165, 1.54) is 0 Å². The first-order valence-electron chi connectivity index (χ1n) is 5.26. The lowest BCUT2D eigenvalue weighted by Gasteiger charge is -2.13. The van der Waals surface area contributed by atoms with Gasteiger partial charge in [-0.25, -0.2) is 9.67 Å². The number of rotatable bonds is 5. The highest BCUT2D eigenvalue weighted by Crippen LogP contribution is 2.05. The van der Waals surface area contributed by atoms with Gasteiger partial charge in [-0.2, -0.15) is 5.10 Å². The van der Waals surface area contributed by atoms with Crippen molar-refractivity contribution in [1.29, 1.82) is 0 Å². The predicted octanol–water partition coefficient (Wildman–Crippen LogP) is 1.75. The van der Waals surface area contributed by atoms with Crippen LogP contribution in [0.5, 0.6) is 0 Å². The second-order valence-electron chi connectivity index (χ2n) is 3.90. The molecule has 0 spiro atoms. The van der Waals surface area contributed by atoms with Gasteiger partial charge in [0.25, 0.3) is 0 Å². The van der Waals surface area contributed by atoms with Crippen LogP contribution in [0.2, 0.25) is 0 Å². The van der Waals surface area contributed by atoms with E-state index in [0.29, 0.717) is 12.1 Å². The van der Waals surface area contributed by atoms with Gasteiger partial charge in [-0.05, 0) is 27.2 Å². The van der Waals surface area contributed by atoms with Crippen LogP contribution in [-0.2, 0) is 6.54 Å². The summed E-state index contributed by atoms with van der Waals surface area (Å²) in [5.74, 6) is 1.01. The van der Waals surface area contributed by atoms with Crippen molar-refractivity contribution < 1.29 is 0 Å². The van der Waals surface area contributed by atoms with Crippen molar-refractivity contribution in [1.82, 2.24) is 20.1 Å². The van der Waals surface area contributed by atoms with Crippen LogP contribution in [0.1, 0.15) is 46.0 Å². The van der Waals surface area contributed by atoms with Crippen molar-refractivity contribution in [3.63, 3.8) is 0 Å². The Morgan fingerprint density at radius 3 is 2.71 bits per heavy atom. The Balaban J connectivity index is 2.54. The summed E-state index contributed by atoms with van der Waals surface area (Å²) in [6.45, 7) is 9.37. The van der Waals surface area contributed by atoms with Gasteiger partial charge in [-0.3, -0.25) is 0 Å². The molecule has 1 rings (SSSR count). The highest BCUT2D eigenvalue weighted by molar-refractivity contribution is 4.86. The topological polar surface area (TPSA) is 42.7 Å². The van der Waals surface area contributed by atoms with Gasteiger partial charge in [0, 0.05) is 12.1 Å². The highest BCUT2D eigenvalue weighted by Gasteiger charge is 2.07. The minimum absolute atomic E-state index is 0.381. The molecule has 4 nitrogen and oxygen atoms in total. The van der Waals surface area contributed by atoms with Crippen LogP contribution < -0.4 is 5.32 Å². The van der Waals surface area contributed by atoms with E-state index in [-0.39, 0.29) is 0 Å². The van der Waals surface area contributed by atoms with E-state index < -0.39 is 0 Å². The maximum Gasteiger partial charge on any atom is 0.141 e. The van der Waals surface area contributed by atoms with Crippen molar-refractivity contribution in [2.45, 2.75) is 52.7 Å². The van der Waals surface area contributed by atoms with Crippen LogP contribution in [0.4, 0.5) is 0 Å². The summed E-state index contributed by atoms with van der Waals surface area (Å²) in [4.78, 5) is 4.23. The Bertz CT molecular complexity index is 267. The molecule has 0 fully saturated rings. The minimum atomic E-state index is 0.381. The molecular weight excluding hydrogens is 176 g/mol. The fraction of sp³-hybridized carbons (Fsp3) is 0.800. The van der Waals surface area contributed by atoms with Crippen LogP contribution >= 0.6 is 0 Å². The van der Waals surface area contributed by atoms with E-state index in [0.717, 1.165) is 18.8 Å². The van der Waals surface area contributed by atoms with Crippen molar-refractivity contribution in [2.75, 3.05) is 0 Å². The summed E-state index contributed by atoms with van der Waals surface area (Å²) in [7, 11) is 0. The maximum atomic E-state index is 4.23. The largest absolute Gasteiger partial charge is 0.307 e. The van der Waals surface area contributed by atoms with Crippen molar-refractivity contribution >= 4 is 0 Å². The normalized spacial score (nSPS) is 13.5. The molecule has 0 radical (unpaired) electrons. The minimum Gasteiger partial charge on any atom is -0.307 e. The Morgan fingerprint density at radius 2 is 2.14 bits per heavy atom. The van der Waals surface area contributed by atoms with E-state index in [4.69, 9.17) is 0 Å². The van der Waals surface area contributed by atoms with E-state index in [2.05, 4.69) is 43.1 Å². The molecule has 0 saturated carbocycles. The lowest BCUT2D eigenvalue weighted by Crippen LogP contribution is -2.26. The number of nitrogens with one attached hydrogen (secondary N) is 1. The molecule has 0 saturated heterocycles. The first kappa shape index (κ1) is 11.2. The standard InChI is InChI=1S/C10H20N4/c1-5-9(4)11-6-10-12-7-13-14(10)8(2)3/h7-9,11H,5-6H2,1-4H3. The third kappa shape index (κ3) is 2.80. The van der Waals surface area contributed by atoms with Crippen LogP contribution in [0.15, 0.2) is 6.33 Å². The van der Waals surface area contributed by atoms with Crippen molar-refractivity contribution in [3.05, 3.63) is 12.2 Å². The summed E-state index contributed by atoms with van der Waals surface area (Å²) in [6.07, 6.45) is 2.75. The van der Waals surface area contributed by atoms with E-state index >= 15 is 0 Å². The van der Waals surface area contributed by atoms with Crippen molar-refractivity contribution in [2.24, 2.45) is 0 Å². The van der Waals surface area contributed by atoms with Crippen molar-refractivity contribution in [3.8, 4) is 0 Å². The first-order chi connectivity index (χ1) is 6.65. The second-order valence-corrected chi connectivity index (χ2v) is 3.90. The molecule has 1 aromatic rings. The molecular formula is C10H20N4. The smallest absolute Gasteiger partial charge is 0.141 e. The van der Waals surface area contributed by atoms with Gasteiger partial charge in [0.05, 0.1) is 6.54 Å². The van der Waals surface area contributed by atoms with E-state index in [1.807, 2.05) is 4.68 Å². The quantitative estimate of drug-likeness (QED) is 0.780. The lowest BCUT2D eigenvalue weighted by molar-refractivity contribution is 0.464. The number of nitrogens with zero attached hydrogens (tertiary/aromatic N) is 3. The molecule has 0 aliphatic rings. The zero-order valence-electron chi connectivity index (χ0n) is 9.49. The molecule has 0 aliphatic heterocycles. The van der Waals surface area contributed by atoms with Gasteiger partial charge >= 0.3 is 0 Å². The fourth-order valence-electron chi connectivity index (χ4n) is 1.24. The molecule has 0 aromatic carbocycles. The second kappa shape index (κ2) is 5.10. The van der Waals surface area contributed by atoms with Crippen LogP contribution in [-0.4, -0.2) is 20.8 Å². The Morgan fingerprint density at radius 1 is 1.43 bits per heavy atom. The molecule has 1 aromatic heterocycles. The Kier molecular flexibility index (Phi) is 4.07. The fourth-order valence-corrected chi connectivity index (χ4v) is 1.24.